The monoisotopic (exact) mass is 240 g/mol. The molecule has 6 heteroatoms. The largest absolute Gasteiger partial charge is 0.417 e. The average Bonchev–Trinajstić information content (AvgIpc) is 2.25. The molecule has 1 unspecified atom stereocenters. The van der Waals surface area contributed by atoms with Gasteiger partial charge in [0.1, 0.15) is 16.6 Å². The van der Waals surface area contributed by atoms with Crippen LogP contribution in [0.5, 0.6) is 0 Å². The highest BCUT2D eigenvalue weighted by Gasteiger charge is 2.39. The lowest BCUT2D eigenvalue weighted by molar-refractivity contribution is -0.384. The van der Waals surface area contributed by atoms with Crippen LogP contribution in [0.1, 0.15) is 12.8 Å². The van der Waals surface area contributed by atoms with E-state index in [1.165, 1.54) is 0 Å². The van der Waals surface area contributed by atoms with Crippen LogP contribution in [-0.2, 0) is 18.6 Å². The fourth-order valence-electron chi connectivity index (χ4n) is 1.36. The minimum Gasteiger partial charge on any atom is -0.417 e. The molecule has 0 aromatic carbocycles. The fraction of sp³-hybridized carbons (Fsp3) is 1.00. The smallest absolute Gasteiger partial charge is 0.308 e. The van der Waals surface area contributed by atoms with Crippen molar-refractivity contribution in [3.8, 4) is 0 Å². The molecule has 1 atom stereocenters. The molecule has 0 N–H and O–H groups in total. The van der Waals surface area contributed by atoms with Crippen LogP contribution in [0.4, 0.5) is 0 Å². The van der Waals surface area contributed by atoms with Gasteiger partial charge < -0.3 is 18.6 Å². The van der Waals surface area contributed by atoms with E-state index in [0.717, 1.165) is 18.6 Å². The van der Waals surface area contributed by atoms with E-state index in [1.807, 2.05) is 0 Å². The third-order valence-electron chi connectivity index (χ3n) is 2.16. The van der Waals surface area contributed by atoms with Gasteiger partial charge >= 0.3 is 5.97 Å². The van der Waals surface area contributed by atoms with Gasteiger partial charge in [0.2, 0.25) is 0 Å². The summed E-state index contributed by atoms with van der Waals surface area (Å²) in [5.41, 5.74) is 0. The molecule has 0 bridgehead atoms. The van der Waals surface area contributed by atoms with Crippen molar-refractivity contribution in [3.05, 3.63) is 0 Å². The Kier molecular flexibility index (Phi) is 7.89. The Morgan fingerprint density at radius 1 is 1.21 bits per heavy atom. The zero-order valence-corrected chi connectivity index (χ0v) is 12.2. The molecule has 0 aliphatic rings. The molecule has 0 heterocycles. The lowest BCUT2D eigenvalue weighted by Crippen LogP contribution is -2.49. The summed E-state index contributed by atoms with van der Waals surface area (Å²) < 4.78 is 21.1. The van der Waals surface area contributed by atoms with Gasteiger partial charge in [-0.1, -0.05) is 0 Å². The lowest BCUT2D eigenvalue weighted by Gasteiger charge is -2.35. The van der Waals surface area contributed by atoms with E-state index >= 15 is 0 Å². The number of ether oxygens (including phenoxy) is 3. The minimum atomic E-state index is -1.08. The number of hydrogen-bond donors (Lipinski definition) is 1. The molecule has 0 aromatic heterocycles. The Hall–Kier alpha value is 0.407. The maximum atomic E-state index is 5.42. The molecular weight excluding hydrogens is 220 g/mol. The SMILES string of the molecule is COC(OC)(OC)C(CCCS)O[SiH3]. The normalized spacial score (nSPS) is 14.6. The summed E-state index contributed by atoms with van der Waals surface area (Å²) in [5.74, 6) is -0.265. The highest BCUT2D eigenvalue weighted by atomic mass is 32.1. The first kappa shape index (κ1) is 14.4. The van der Waals surface area contributed by atoms with Crippen molar-refractivity contribution in [2.75, 3.05) is 27.1 Å². The van der Waals surface area contributed by atoms with Crippen LogP contribution in [0.25, 0.3) is 0 Å². The first-order chi connectivity index (χ1) is 6.70. The summed E-state index contributed by atoms with van der Waals surface area (Å²) in [7, 11) is 5.25. The highest BCUT2D eigenvalue weighted by Crippen LogP contribution is 2.23. The Labute approximate surface area is 94.2 Å². The molecule has 0 saturated heterocycles. The van der Waals surface area contributed by atoms with E-state index in [-0.39, 0.29) is 6.10 Å². The zero-order chi connectivity index (χ0) is 11.0. The van der Waals surface area contributed by atoms with Gasteiger partial charge in [-0.05, 0) is 18.6 Å². The second kappa shape index (κ2) is 7.67. The van der Waals surface area contributed by atoms with Crippen LogP contribution in [0.15, 0.2) is 0 Å². The molecule has 0 fully saturated rings. The zero-order valence-electron chi connectivity index (χ0n) is 9.28. The summed E-state index contributed by atoms with van der Waals surface area (Å²) >= 11 is 4.15. The third-order valence-corrected chi connectivity index (χ3v) is 3.04. The van der Waals surface area contributed by atoms with Gasteiger partial charge in [-0.2, -0.15) is 12.6 Å². The van der Waals surface area contributed by atoms with E-state index < -0.39 is 5.97 Å². The highest BCUT2D eigenvalue weighted by molar-refractivity contribution is 7.80. The van der Waals surface area contributed by atoms with Crippen LogP contribution in [0.2, 0.25) is 0 Å². The Morgan fingerprint density at radius 2 is 1.71 bits per heavy atom. The molecule has 14 heavy (non-hydrogen) atoms. The van der Waals surface area contributed by atoms with Crippen molar-refractivity contribution in [3.63, 3.8) is 0 Å². The third kappa shape index (κ3) is 3.52. The van der Waals surface area contributed by atoms with Gasteiger partial charge in [0, 0.05) is 21.3 Å². The van der Waals surface area contributed by atoms with E-state index in [0.29, 0.717) is 10.5 Å². The molecule has 0 spiro atoms. The average molecular weight is 240 g/mol. The van der Waals surface area contributed by atoms with Gasteiger partial charge in [0.15, 0.2) is 0 Å². The minimum absolute atomic E-state index is 0.193. The molecule has 0 rings (SSSR count). The van der Waals surface area contributed by atoms with Crippen molar-refractivity contribution < 1.29 is 18.6 Å². The quantitative estimate of drug-likeness (QED) is 0.367. The molecule has 86 valence electrons. The molecule has 0 aliphatic heterocycles. The van der Waals surface area contributed by atoms with Gasteiger partial charge in [-0.3, -0.25) is 0 Å². The van der Waals surface area contributed by atoms with Crippen LogP contribution < -0.4 is 0 Å². The van der Waals surface area contributed by atoms with E-state index in [9.17, 15) is 0 Å². The van der Waals surface area contributed by atoms with Crippen LogP contribution in [0, 0.1) is 0 Å². The molecule has 0 aliphatic carbocycles. The van der Waals surface area contributed by atoms with Crippen molar-refractivity contribution in [1.82, 2.24) is 0 Å². The predicted octanol–water partition coefficient (Wildman–Crippen LogP) is -0.0450. The van der Waals surface area contributed by atoms with Crippen molar-refractivity contribution in [1.29, 1.82) is 0 Å². The first-order valence-corrected chi connectivity index (χ1v) is 5.94. The molecular formula is C8H20O4SSi. The first-order valence-electron chi connectivity index (χ1n) is 4.49. The van der Waals surface area contributed by atoms with Crippen molar-refractivity contribution in [2.45, 2.75) is 24.9 Å². The molecule has 0 radical (unpaired) electrons. The van der Waals surface area contributed by atoms with Crippen molar-refractivity contribution >= 4 is 23.1 Å². The summed E-state index contributed by atoms with van der Waals surface area (Å²) in [6, 6.07) is 0. The van der Waals surface area contributed by atoms with Crippen LogP contribution in [-0.4, -0.2) is 49.6 Å². The lowest BCUT2D eigenvalue weighted by atomic mass is 10.2. The predicted molar refractivity (Wildman–Crippen MR) is 61.7 cm³/mol. The van der Waals surface area contributed by atoms with Gasteiger partial charge in [0.25, 0.3) is 0 Å². The topological polar surface area (TPSA) is 36.9 Å². The summed E-state index contributed by atoms with van der Waals surface area (Å²) in [6.07, 6.45) is 1.55. The molecule has 0 saturated carbocycles. The maximum Gasteiger partial charge on any atom is 0.308 e. The van der Waals surface area contributed by atoms with Crippen molar-refractivity contribution in [2.24, 2.45) is 0 Å². The number of methoxy groups -OCH3 is 3. The number of rotatable bonds is 8. The molecule has 0 amide bonds. The second-order valence-corrected chi connectivity index (χ2v) is 3.72. The maximum absolute atomic E-state index is 5.42. The Balaban J connectivity index is 4.40. The van der Waals surface area contributed by atoms with Crippen LogP contribution >= 0.6 is 12.6 Å². The second-order valence-electron chi connectivity index (χ2n) is 2.81. The summed E-state index contributed by atoms with van der Waals surface area (Å²) in [5, 5.41) is 0. The molecule has 4 nitrogen and oxygen atoms in total. The summed E-state index contributed by atoms with van der Waals surface area (Å²) in [4.78, 5) is 0. The Bertz CT molecular complexity index is 135. The Morgan fingerprint density at radius 3 is 2.00 bits per heavy atom. The van der Waals surface area contributed by atoms with Gasteiger partial charge in [-0.25, -0.2) is 0 Å². The van der Waals surface area contributed by atoms with Gasteiger partial charge in [-0.15, -0.1) is 0 Å². The molecule has 0 aromatic rings. The van der Waals surface area contributed by atoms with E-state index in [4.69, 9.17) is 18.6 Å². The standard InChI is InChI=1S/C8H20O4SSi/c1-9-8(10-2,11-3)7(12-14)5-4-6-13/h7,13H,4-6H2,1-3,14H3. The van der Waals surface area contributed by atoms with E-state index in [2.05, 4.69) is 12.6 Å². The van der Waals surface area contributed by atoms with E-state index in [1.54, 1.807) is 21.3 Å². The number of thiol groups is 1. The summed E-state index contributed by atoms with van der Waals surface area (Å²) in [6.45, 7) is 0. The number of hydrogen-bond acceptors (Lipinski definition) is 5. The fourth-order valence-corrected chi connectivity index (χ4v) is 2.07. The van der Waals surface area contributed by atoms with Gasteiger partial charge in [0.05, 0.1) is 0 Å². The van der Waals surface area contributed by atoms with Crippen LogP contribution in [0.3, 0.4) is 0 Å².